The summed E-state index contributed by atoms with van der Waals surface area (Å²) >= 11 is 0. The molecule has 0 unspecified atom stereocenters. The molecule has 3 nitrogen and oxygen atoms in total. The van der Waals surface area contributed by atoms with Gasteiger partial charge < -0.3 is 10.2 Å². The van der Waals surface area contributed by atoms with Gasteiger partial charge in [0.15, 0.2) is 0 Å². The van der Waals surface area contributed by atoms with E-state index in [0.29, 0.717) is 5.92 Å². The van der Waals surface area contributed by atoms with Gasteiger partial charge in [-0.2, -0.15) is 0 Å². The van der Waals surface area contributed by atoms with Gasteiger partial charge >= 0.3 is 5.97 Å². The lowest BCUT2D eigenvalue weighted by atomic mass is 9.77. The smallest absolute Gasteiger partial charge is 0.339 e. The maximum absolute atomic E-state index is 11.4. The van der Waals surface area contributed by atoms with Gasteiger partial charge in [0.1, 0.15) is 11.3 Å². The van der Waals surface area contributed by atoms with E-state index >= 15 is 0 Å². The number of aromatic hydroxyl groups is 1. The molecule has 0 amide bonds. The summed E-state index contributed by atoms with van der Waals surface area (Å²) in [5, 5.41) is 23.8. The topological polar surface area (TPSA) is 57.5 Å². The van der Waals surface area contributed by atoms with Gasteiger partial charge in [-0.15, -0.1) is 0 Å². The minimum absolute atomic E-state index is 0.0644. The minimum atomic E-state index is -1.12. The lowest BCUT2D eigenvalue weighted by molar-refractivity contribution is 0.0694. The largest absolute Gasteiger partial charge is 0.507 e. The van der Waals surface area contributed by atoms with Crippen LogP contribution in [0.4, 0.5) is 0 Å². The van der Waals surface area contributed by atoms with Crippen molar-refractivity contribution in [2.75, 3.05) is 0 Å². The Morgan fingerprint density at radius 2 is 1.57 bits per heavy atom. The Morgan fingerprint density at radius 1 is 0.933 bits per heavy atom. The second kappa shape index (κ2) is 7.17. The summed E-state index contributed by atoms with van der Waals surface area (Å²) < 4.78 is 0. The van der Waals surface area contributed by atoms with Gasteiger partial charge in [-0.25, -0.2) is 4.79 Å². The van der Waals surface area contributed by atoms with Crippen molar-refractivity contribution in [3.05, 3.63) is 88.5 Å². The monoisotopic (exact) mass is 396 g/mol. The van der Waals surface area contributed by atoms with Crippen LogP contribution in [0.2, 0.25) is 0 Å². The van der Waals surface area contributed by atoms with Crippen LogP contribution in [0, 0.1) is 6.92 Å². The van der Waals surface area contributed by atoms with Gasteiger partial charge in [0, 0.05) is 0 Å². The van der Waals surface area contributed by atoms with E-state index in [1.54, 1.807) is 12.1 Å². The first-order valence-electron chi connectivity index (χ1n) is 10.5. The molecule has 1 fully saturated rings. The molecule has 0 heterocycles. The summed E-state index contributed by atoms with van der Waals surface area (Å²) in [4.78, 5) is 11.4. The highest BCUT2D eigenvalue weighted by Gasteiger charge is 2.22. The van der Waals surface area contributed by atoms with Crippen molar-refractivity contribution in [1.29, 1.82) is 0 Å². The van der Waals surface area contributed by atoms with Crippen molar-refractivity contribution < 1.29 is 15.0 Å². The second-order valence-corrected chi connectivity index (χ2v) is 8.46. The van der Waals surface area contributed by atoms with Crippen molar-refractivity contribution >= 4 is 27.5 Å². The molecule has 0 radical (unpaired) electrons. The molecule has 2 N–H and O–H groups in total. The summed E-state index contributed by atoms with van der Waals surface area (Å²) in [5.74, 6) is -0.623. The van der Waals surface area contributed by atoms with Crippen LogP contribution >= 0.6 is 0 Å². The molecule has 0 spiro atoms. The van der Waals surface area contributed by atoms with Crippen LogP contribution in [0.3, 0.4) is 0 Å². The van der Waals surface area contributed by atoms with Crippen molar-refractivity contribution in [2.24, 2.45) is 0 Å². The van der Waals surface area contributed by atoms with Crippen molar-refractivity contribution in [3.8, 4) is 5.75 Å². The predicted molar refractivity (Wildman–Crippen MR) is 121 cm³/mol. The molecule has 1 saturated carbocycles. The van der Waals surface area contributed by atoms with E-state index in [-0.39, 0.29) is 11.3 Å². The van der Waals surface area contributed by atoms with Crippen molar-refractivity contribution in [2.45, 2.75) is 38.5 Å². The zero-order chi connectivity index (χ0) is 20.8. The fourth-order valence-corrected chi connectivity index (χ4v) is 4.74. The Morgan fingerprint density at radius 3 is 2.17 bits per heavy atom. The van der Waals surface area contributed by atoms with Gasteiger partial charge in [-0.3, -0.25) is 0 Å². The van der Waals surface area contributed by atoms with E-state index in [1.165, 1.54) is 46.7 Å². The molecular weight excluding hydrogens is 372 g/mol. The zero-order valence-electron chi connectivity index (χ0n) is 17.0. The average molecular weight is 396 g/mol. The number of carbonyl (C=O) groups is 1. The van der Waals surface area contributed by atoms with E-state index < -0.39 is 5.97 Å². The molecular formula is C27H24O3. The van der Waals surface area contributed by atoms with E-state index in [1.807, 2.05) is 12.1 Å². The number of rotatable bonds is 4. The molecule has 0 atom stereocenters. The SMILES string of the molecule is Cc1cc2cccc(Cc3cccc4cc(C(=O)O)c(O)cc34)c2cc1C1CCC1. The first-order valence-corrected chi connectivity index (χ1v) is 10.5. The number of hydrogen-bond acceptors (Lipinski definition) is 2. The molecule has 4 aromatic carbocycles. The summed E-state index contributed by atoms with van der Waals surface area (Å²) in [7, 11) is 0. The van der Waals surface area contributed by atoms with Crippen LogP contribution in [0.5, 0.6) is 5.75 Å². The molecule has 30 heavy (non-hydrogen) atoms. The average Bonchev–Trinajstić information content (AvgIpc) is 2.67. The van der Waals surface area contributed by atoms with Crippen LogP contribution < -0.4 is 0 Å². The molecule has 1 aliphatic rings. The maximum Gasteiger partial charge on any atom is 0.339 e. The van der Waals surface area contributed by atoms with Crippen LogP contribution in [-0.2, 0) is 6.42 Å². The summed E-state index contributed by atoms with van der Waals surface area (Å²) in [6.07, 6.45) is 4.61. The van der Waals surface area contributed by atoms with Crippen LogP contribution in [-0.4, -0.2) is 16.2 Å². The van der Waals surface area contributed by atoms with E-state index in [9.17, 15) is 15.0 Å². The normalized spacial score (nSPS) is 14.2. The van der Waals surface area contributed by atoms with E-state index in [4.69, 9.17) is 0 Å². The van der Waals surface area contributed by atoms with Gasteiger partial charge in [0.05, 0.1) is 0 Å². The third kappa shape index (κ3) is 3.11. The van der Waals surface area contributed by atoms with Crippen molar-refractivity contribution in [3.63, 3.8) is 0 Å². The van der Waals surface area contributed by atoms with Crippen LogP contribution in [0.1, 0.15) is 57.8 Å². The number of phenols is 1. The summed E-state index contributed by atoms with van der Waals surface area (Å²) in [5.41, 5.74) is 5.12. The quantitative estimate of drug-likeness (QED) is 0.410. The summed E-state index contributed by atoms with van der Waals surface area (Å²) in [6, 6.07) is 20.2. The zero-order valence-corrected chi connectivity index (χ0v) is 17.0. The Hall–Kier alpha value is -3.33. The maximum atomic E-state index is 11.4. The molecule has 0 saturated heterocycles. The Kier molecular flexibility index (Phi) is 4.47. The predicted octanol–water partition coefficient (Wildman–Crippen LogP) is 6.56. The molecule has 5 rings (SSSR count). The second-order valence-electron chi connectivity index (χ2n) is 8.46. The van der Waals surface area contributed by atoms with Gasteiger partial charge in [-0.05, 0) is 88.0 Å². The number of fused-ring (bicyclic) bond motifs is 2. The van der Waals surface area contributed by atoms with Crippen molar-refractivity contribution in [1.82, 2.24) is 0 Å². The standard InChI is InChI=1S/C27H24O3/c1-16-11-18-7-3-8-19(23(18)14-22(16)17-5-2-6-17)12-20-9-4-10-21-13-25(27(29)30)26(28)15-24(20)21/h3-4,7-11,13-15,17,28H,2,5-6,12H2,1H3,(H,29,30). The number of aromatic carboxylic acids is 1. The first-order chi connectivity index (χ1) is 14.5. The number of hydrogen-bond donors (Lipinski definition) is 2. The molecule has 0 aromatic heterocycles. The highest BCUT2D eigenvalue weighted by Crippen LogP contribution is 2.40. The van der Waals surface area contributed by atoms with Gasteiger partial charge in [-0.1, -0.05) is 55.0 Å². The molecule has 3 heteroatoms. The van der Waals surface area contributed by atoms with Crippen LogP contribution in [0.15, 0.2) is 60.7 Å². The first kappa shape index (κ1) is 18.7. The Labute approximate surface area is 175 Å². The number of aryl methyl sites for hydroxylation is 1. The van der Waals surface area contributed by atoms with Crippen LogP contribution in [0.25, 0.3) is 21.5 Å². The molecule has 150 valence electrons. The number of carboxylic acids is 1. The third-order valence-corrected chi connectivity index (χ3v) is 6.60. The number of benzene rings is 4. The van der Waals surface area contributed by atoms with Gasteiger partial charge in [0.25, 0.3) is 0 Å². The molecule has 0 bridgehead atoms. The fourth-order valence-electron chi connectivity index (χ4n) is 4.74. The highest BCUT2D eigenvalue weighted by molar-refractivity contribution is 5.99. The van der Waals surface area contributed by atoms with E-state index in [0.717, 1.165) is 22.8 Å². The fraction of sp³-hybridized carbons (Fsp3) is 0.222. The lowest BCUT2D eigenvalue weighted by Gasteiger charge is -2.28. The number of carboxylic acid groups (broad SMARTS) is 1. The molecule has 0 aliphatic heterocycles. The van der Waals surface area contributed by atoms with Gasteiger partial charge in [0.2, 0.25) is 0 Å². The Balaban J connectivity index is 1.63. The third-order valence-electron chi connectivity index (χ3n) is 6.60. The molecule has 4 aromatic rings. The molecule has 1 aliphatic carbocycles. The van der Waals surface area contributed by atoms with E-state index in [2.05, 4.69) is 43.3 Å². The lowest BCUT2D eigenvalue weighted by Crippen LogP contribution is -2.10. The minimum Gasteiger partial charge on any atom is -0.507 e. The highest BCUT2D eigenvalue weighted by atomic mass is 16.4. The Bertz CT molecular complexity index is 1300. The summed E-state index contributed by atoms with van der Waals surface area (Å²) in [6.45, 7) is 2.22.